The maximum atomic E-state index is 12.7. The van der Waals surface area contributed by atoms with Crippen molar-refractivity contribution >= 4 is 17.5 Å². The minimum atomic E-state index is -4.43. The first-order valence-corrected chi connectivity index (χ1v) is 9.74. The van der Waals surface area contributed by atoms with Crippen LogP contribution in [0.4, 0.5) is 18.9 Å². The Bertz CT molecular complexity index is 883. The maximum Gasteiger partial charge on any atom is 0.422 e. The van der Waals surface area contributed by atoms with Gasteiger partial charge in [-0.2, -0.15) is 13.2 Å². The van der Waals surface area contributed by atoms with Gasteiger partial charge < -0.3 is 20.1 Å². The molecule has 1 atom stereocenters. The minimum Gasteiger partial charge on any atom is -0.493 e. The Morgan fingerprint density at radius 3 is 2.23 bits per heavy atom. The Hall–Kier alpha value is -3.23. The second kappa shape index (κ2) is 10.7. The summed E-state index contributed by atoms with van der Waals surface area (Å²) in [6.07, 6.45) is -4.43. The second-order valence-electron chi connectivity index (χ2n) is 7.04. The topological polar surface area (TPSA) is 76.7 Å². The Labute approximate surface area is 178 Å². The Balaban J connectivity index is 2.05. The molecule has 2 amide bonds. The molecular formula is C22H25F3N2O4. The van der Waals surface area contributed by atoms with Crippen LogP contribution in [0.1, 0.15) is 31.1 Å². The van der Waals surface area contributed by atoms with Crippen molar-refractivity contribution in [3.05, 3.63) is 54.1 Å². The molecule has 0 spiro atoms. The van der Waals surface area contributed by atoms with E-state index < -0.39 is 30.6 Å². The fourth-order valence-electron chi connectivity index (χ4n) is 2.71. The van der Waals surface area contributed by atoms with E-state index in [-0.39, 0.29) is 11.7 Å². The number of hydrogen-bond acceptors (Lipinski definition) is 4. The zero-order chi connectivity index (χ0) is 23.0. The number of ether oxygens (including phenoxy) is 2. The molecule has 2 rings (SSSR count). The SMILES string of the molecule is CCOc1ccccc1C(=O)NC(C(=O)Nc1ccc(OCC(F)(F)F)cc1)C(C)C. The van der Waals surface area contributed by atoms with E-state index in [0.29, 0.717) is 23.6 Å². The monoisotopic (exact) mass is 438 g/mol. The van der Waals surface area contributed by atoms with Crippen LogP contribution in [0.2, 0.25) is 0 Å². The summed E-state index contributed by atoms with van der Waals surface area (Å²) in [7, 11) is 0. The van der Waals surface area contributed by atoms with Gasteiger partial charge >= 0.3 is 6.18 Å². The summed E-state index contributed by atoms with van der Waals surface area (Å²) in [5.74, 6) is -0.691. The normalized spacial score (nSPS) is 12.2. The van der Waals surface area contributed by atoms with Crippen LogP contribution >= 0.6 is 0 Å². The van der Waals surface area contributed by atoms with Crippen LogP contribution in [0.25, 0.3) is 0 Å². The lowest BCUT2D eigenvalue weighted by molar-refractivity contribution is -0.153. The molecule has 0 aliphatic rings. The van der Waals surface area contributed by atoms with Gasteiger partial charge in [-0.25, -0.2) is 0 Å². The Morgan fingerprint density at radius 2 is 1.65 bits per heavy atom. The smallest absolute Gasteiger partial charge is 0.422 e. The molecule has 0 aromatic heterocycles. The highest BCUT2D eigenvalue weighted by Crippen LogP contribution is 2.21. The summed E-state index contributed by atoms with van der Waals surface area (Å²) in [6.45, 7) is 4.36. The van der Waals surface area contributed by atoms with Gasteiger partial charge in [-0.3, -0.25) is 9.59 Å². The summed E-state index contributed by atoms with van der Waals surface area (Å²) in [6, 6.07) is 11.4. The summed E-state index contributed by atoms with van der Waals surface area (Å²) in [5.41, 5.74) is 0.674. The van der Waals surface area contributed by atoms with Crippen molar-refractivity contribution in [1.29, 1.82) is 0 Å². The van der Waals surface area contributed by atoms with Crippen molar-refractivity contribution in [2.75, 3.05) is 18.5 Å². The van der Waals surface area contributed by atoms with Gasteiger partial charge in [-0.1, -0.05) is 26.0 Å². The fourth-order valence-corrected chi connectivity index (χ4v) is 2.71. The molecule has 0 saturated heterocycles. The first-order chi connectivity index (χ1) is 14.6. The highest BCUT2D eigenvalue weighted by Gasteiger charge is 2.28. The van der Waals surface area contributed by atoms with Crippen LogP contribution in [0, 0.1) is 5.92 Å². The third-order valence-electron chi connectivity index (χ3n) is 4.19. The van der Waals surface area contributed by atoms with E-state index in [4.69, 9.17) is 4.74 Å². The van der Waals surface area contributed by atoms with Crippen molar-refractivity contribution in [3.63, 3.8) is 0 Å². The fraction of sp³-hybridized carbons (Fsp3) is 0.364. The molecule has 0 saturated carbocycles. The van der Waals surface area contributed by atoms with Crippen molar-refractivity contribution in [3.8, 4) is 11.5 Å². The van der Waals surface area contributed by atoms with Gasteiger partial charge in [0, 0.05) is 5.69 Å². The quantitative estimate of drug-likeness (QED) is 0.608. The van der Waals surface area contributed by atoms with E-state index >= 15 is 0 Å². The van der Waals surface area contributed by atoms with E-state index in [2.05, 4.69) is 15.4 Å². The van der Waals surface area contributed by atoms with Crippen molar-refractivity contribution < 1.29 is 32.2 Å². The van der Waals surface area contributed by atoms with Crippen LogP contribution in [0.3, 0.4) is 0 Å². The molecule has 0 heterocycles. The zero-order valence-electron chi connectivity index (χ0n) is 17.5. The molecule has 1 unspecified atom stereocenters. The van der Waals surface area contributed by atoms with Crippen LogP contribution in [-0.2, 0) is 4.79 Å². The average molecular weight is 438 g/mol. The number of halogens is 3. The molecule has 31 heavy (non-hydrogen) atoms. The van der Waals surface area contributed by atoms with E-state index in [0.717, 1.165) is 0 Å². The van der Waals surface area contributed by atoms with Crippen LogP contribution in [0.15, 0.2) is 48.5 Å². The van der Waals surface area contributed by atoms with Crippen LogP contribution < -0.4 is 20.1 Å². The summed E-state index contributed by atoms with van der Waals surface area (Å²) in [4.78, 5) is 25.5. The molecule has 0 bridgehead atoms. The van der Waals surface area contributed by atoms with E-state index in [1.165, 1.54) is 24.3 Å². The summed E-state index contributed by atoms with van der Waals surface area (Å²) < 4.78 is 46.8. The number of carbonyl (C=O) groups is 2. The van der Waals surface area contributed by atoms with Crippen LogP contribution in [0.5, 0.6) is 11.5 Å². The van der Waals surface area contributed by atoms with E-state index in [1.54, 1.807) is 45.0 Å². The average Bonchev–Trinajstić information content (AvgIpc) is 2.71. The van der Waals surface area contributed by atoms with Gasteiger partial charge in [0.25, 0.3) is 5.91 Å². The van der Waals surface area contributed by atoms with Gasteiger partial charge in [-0.05, 0) is 49.2 Å². The molecule has 2 aromatic carbocycles. The molecule has 0 aliphatic carbocycles. The van der Waals surface area contributed by atoms with Crippen molar-refractivity contribution in [2.45, 2.75) is 33.0 Å². The summed E-state index contributed by atoms with van der Waals surface area (Å²) in [5, 5.41) is 5.38. The number of amides is 2. The Kier molecular flexibility index (Phi) is 8.30. The highest BCUT2D eigenvalue weighted by atomic mass is 19.4. The zero-order valence-corrected chi connectivity index (χ0v) is 17.5. The number of hydrogen-bond donors (Lipinski definition) is 2. The lowest BCUT2D eigenvalue weighted by Gasteiger charge is -2.22. The Morgan fingerprint density at radius 1 is 1.00 bits per heavy atom. The van der Waals surface area contributed by atoms with Crippen molar-refractivity contribution in [2.24, 2.45) is 5.92 Å². The van der Waals surface area contributed by atoms with E-state index in [1.807, 2.05) is 0 Å². The predicted molar refractivity (Wildman–Crippen MR) is 110 cm³/mol. The molecule has 6 nitrogen and oxygen atoms in total. The predicted octanol–water partition coefficient (Wildman–Crippen LogP) is 4.42. The molecule has 2 N–H and O–H groups in total. The molecule has 9 heteroatoms. The molecule has 0 radical (unpaired) electrons. The largest absolute Gasteiger partial charge is 0.493 e. The number of anilines is 1. The first kappa shape index (κ1) is 24.0. The van der Waals surface area contributed by atoms with Gasteiger partial charge in [0.1, 0.15) is 17.5 Å². The molecular weight excluding hydrogens is 413 g/mol. The minimum absolute atomic E-state index is 0.0246. The number of rotatable bonds is 9. The standard InChI is InChI=1S/C22H25F3N2O4/c1-4-30-18-8-6-5-7-17(18)20(28)27-19(14(2)3)21(29)26-15-9-11-16(12-10-15)31-13-22(23,24)25/h5-12,14,19H,4,13H2,1-3H3,(H,26,29)(H,27,28). The molecule has 168 valence electrons. The summed E-state index contributed by atoms with van der Waals surface area (Å²) >= 11 is 0. The molecule has 0 aliphatic heterocycles. The van der Waals surface area contributed by atoms with Gasteiger partial charge in [0.05, 0.1) is 12.2 Å². The number of para-hydroxylation sites is 1. The van der Waals surface area contributed by atoms with Crippen LogP contribution in [-0.4, -0.2) is 37.2 Å². The van der Waals surface area contributed by atoms with Gasteiger partial charge in [-0.15, -0.1) is 0 Å². The van der Waals surface area contributed by atoms with E-state index in [9.17, 15) is 22.8 Å². The number of benzene rings is 2. The third kappa shape index (κ3) is 7.51. The van der Waals surface area contributed by atoms with Gasteiger partial charge in [0.2, 0.25) is 5.91 Å². The maximum absolute atomic E-state index is 12.7. The highest BCUT2D eigenvalue weighted by molar-refractivity contribution is 6.02. The van der Waals surface area contributed by atoms with Crippen molar-refractivity contribution in [1.82, 2.24) is 5.32 Å². The third-order valence-corrected chi connectivity index (χ3v) is 4.19. The van der Waals surface area contributed by atoms with Gasteiger partial charge in [0.15, 0.2) is 6.61 Å². The molecule has 2 aromatic rings. The number of alkyl halides is 3. The number of carbonyl (C=O) groups excluding carboxylic acids is 2. The molecule has 0 fully saturated rings. The number of nitrogens with one attached hydrogen (secondary N) is 2. The lowest BCUT2D eigenvalue weighted by Crippen LogP contribution is -2.47. The second-order valence-corrected chi connectivity index (χ2v) is 7.04. The first-order valence-electron chi connectivity index (χ1n) is 9.74. The lowest BCUT2D eigenvalue weighted by atomic mass is 10.0.